The van der Waals surface area contributed by atoms with Crippen molar-refractivity contribution in [3.63, 3.8) is 0 Å². The molecule has 0 saturated carbocycles. The molecule has 1 heterocycles. The SMILES string of the molecule is CC(C)[C@H]1C=C(O[Si](C)(C)C(C)(C)C)[C@@H]2OCC[C@H]1CC2=O. The Balaban J connectivity index is 2.38. The van der Waals surface area contributed by atoms with E-state index in [1.807, 2.05) is 0 Å². The first-order chi connectivity index (χ1) is 10.0. The van der Waals surface area contributed by atoms with Gasteiger partial charge in [0.2, 0.25) is 8.32 Å². The monoisotopic (exact) mass is 324 g/mol. The van der Waals surface area contributed by atoms with E-state index in [1.165, 1.54) is 0 Å². The minimum absolute atomic E-state index is 0.116. The zero-order chi connectivity index (χ0) is 16.7. The number of ketones is 1. The van der Waals surface area contributed by atoms with Crippen molar-refractivity contribution in [3.05, 3.63) is 11.8 Å². The second-order valence-corrected chi connectivity index (χ2v) is 13.4. The highest BCUT2D eigenvalue weighted by atomic mass is 28.4. The first-order valence-electron chi connectivity index (χ1n) is 8.58. The molecule has 2 rings (SSSR count). The Morgan fingerprint density at radius 1 is 1.32 bits per heavy atom. The number of allylic oxidation sites excluding steroid dienone is 1. The topological polar surface area (TPSA) is 35.5 Å². The third-order valence-corrected chi connectivity index (χ3v) is 10.00. The summed E-state index contributed by atoms with van der Waals surface area (Å²) >= 11 is 0. The molecule has 1 saturated heterocycles. The number of rotatable bonds is 3. The van der Waals surface area contributed by atoms with Gasteiger partial charge < -0.3 is 9.16 Å². The van der Waals surface area contributed by atoms with Crippen LogP contribution in [0.1, 0.15) is 47.5 Å². The molecule has 0 unspecified atom stereocenters. The van der Waals surface area contributed by atoms with E-state index in [0.717, 1.165) is 12.2 Å². The highest BCUT2D eigenvalue weighted by molar-refractivity contribution is 6.74. The summed E-state index contributed by atoms with van der Waals surface area (Å²) in [6.45, 7) is 16.3. The third-order valence-electron chi connectivity index (χ3n) is 5.64. The molecule has 0 spiro atoms. The van der Waals surface area contributed by atoms with Crippen molar-refractivity contribution in [1.29, 1.82) is 0 Å². The number of carbonyl (C=O) groups excluding carboxylic acids is 1. The molecule has 0 aromatic heterocycles. The van der Waals surface area contributed by atoms with Gasteiger partial charge in [0, 0.05) is 13.0 Å². The Morgan fingerprint density at radius 3 is 2.50 bits per heavy atom. The molecular weight excluding hydrogens is 292 g/mol. The lowest BCUT2D eigenvalue weighted by molar-refractivity contribution is -0.128. The van der Waals surface area contributed by atoms with Crippen LogP contribution in [0.4, 0.5) is 0 Å². The van der Waals surface area contributed by atoms with Gasteiger partial charge in [0.05, 0.1) is 0 Å². The average molecular weight is 325 g/mol. The van der Waals surface area contributed by atoms with Gasteiger partial charge in [-0.05, 0) is 48.4 Å². The van der Waals surface area contributed by atoms with Crippen LogP contribution >= 0.6 is 0 Å². The van der Waals surface area contributed by atoms with E-state index in [-0.39, 0.29) is 10.8 Å². The Labute approximate surface area is 136 Å². The number of hydrogen-bond acceptors (Lipinski definition) is 3. The summed E-state index contributed by atoms with van der Waals surface area (Å²) in [6.07, 6.45) is 3.37. The number of fused-ring (bicyclic) bond motifs is 3. The molecule has 0 aromatic rings. The zero-order valence-corrected chi connectivity index (χ0v) is 16.2. The van der Waals surface area contributed by atoms with Crippen molar-refractivity contribution in [2.75, 3.05) is 6.61 Å². The van der Waals surface area contributed by atoms with Crippen LogP contribution < -0.4 is 0 Å². The number of Topliss-reactive ketones (excluding diaryl/α,β-unsaturated/α-hetero) is 1. The van der Waals surface area contributed by atoms with Gasteiger partial charge in [-0.25, -0.2) is 0 Å². The van der Waals surface area contributed by atoms with Crippen LogP contribution in [0, 0.1) is 17.8 Å². The summed E-state index contributed by atoms with van der Waals surface area (Å²) in [5, 5.41) is 0.116. The van der Waals surface area contributed by atoms with Gasteiger partial charge in [-0.1, -0.05) is 34.6 Å². The Morgan fingerprint density at radius 2 is 1.95 bits per heavy atom. The van der Waals surface area contributed by atoms with Gasteiger partial charge in [0.15, 0.2) is 11.9 Å². The fraction of sp³-hybridized carbons (Fsp3) is 0.833. The van der Waals surface area contributed by atoms with Crippen LogP contribution in [0.15, 0.2) is 11.8 Å². The van der Waals surface area contributed by atoms with Crippen molar-refractivity contribution in [1.82, 2.24) is 0 Å². The van der Waals surface area contributed by atoms with Gasteiger partial charge in [-0.15, -0.1) is 0 Å². The second kappa shape index (κ2) is 6.12. The molecule has 0 N–H and O–H groups in total. The molecule has 1 fully saturated rings. The van der Waals surface area contributed by atoms with Crippen LogP contribution in [-0.4, -0.2) is 26.8 Å². The standard InChI is InChI=1S/C18H32O3Si/c1-12(2)14-11-16(21-22(6,7)18(3,4)5)17-15(19)10-13(14)8-9-20-17/h11-14,17H,8-10H2,1-7H3/t13-,14+,17+/m0/s1. The fourth-order valence-corrected chi connectivity index (χ4v) is 4.22. The highest BCUT2D eigenvalue weighted by Gasteiger charge is 2.44. The molecule has 0 aromatic carbocycles. The lowest BCUT2D eigenvalue weighted by atomic mass is 9.80. The summed E-state index contributed by atoms with van der Waals surface area (Å²) < 4.78 is 12.4. The van der Waals surface area contributed by atoms with Crippen molar-refractivity contribution < 1.29 is 14.0 Å². The first-order valence-corrected chi connectivity index (χ1v) is 11.5. The summed E-state index contributed by atoms with van der Waals surface area (Å²) in [5.41, 5.74) is 0. The van der Waals surface area contributed by atoms with E-state index >= 15 is 0 Å². The van der Waals surface area contributed by atoms with Gasteiger partial charge in [0.1, 0.15) is 5.76 Å². The second-order valence-electron chi connectivity index (χ2n) is 8.72. The predicted molar refractivity (Wildman–Crippen MR) is 92.2 cm³/mol. The maximum Gasteiger partial charge on any atom is 0.250 e. The number of carbonyl (C=O) groups is 1. The molecule has 22 heavy (non-hydrogen) atoms. The van der Waals surface area contributed by atoms with E-state index in [9.17, 15) is 4.79 Å². The van der Waals surface area contributed by atoms with E-state index < -0.39 is 14.4 Å². The Hall–Kier alpha value is -0.613. The van der Waals surface area contributed by atoms with Crippen LogP contribution in [-0.2, 0) is 14.0 Å². The van der Waals surface area contributed by atoms with Crippen LogP contribution in [0.5, 0.6) is 0 Å². The van der Waals surface area contributed by atoms with Gasteiger partial charge in [-0.3, -0.25) is 4.79 Å². The maximum atomic E-state index is 12.6. The molecule has 4 heteroatoms. The zero-order valence-electron chi connectivity index (χ0n) is 15.2. The lowest BCUT2D eigenvalue weighted by Crippen LogP contribution is -2.43. The number of hydrogen-bond donors (Lipinski definition) is 0. The predicted octanol–water partition coefficient (Wildman–Crippen LogP) is 4.54. The molecule has 2 bridgehead atoms. The average Bonchev–Trinajstić information content (AvgIpc) is 2.59. The minimum Gasteiger partial charge on any atom is -0.544 e. The quantitative estimate of drug-likeness (QED) is 0.715. The van der Waals surface area contributed by atoms with Gasteiger partial charge in [-0.2, -0.15) is 0 Å². The molecule has 0 amide bonds. The lowest BCUT2D eigenvalue weighted by Gasteiger charge is -2.39. The summed E-state index contributed by atoms with van der Waals surface area (Å²) in [4.78, 5) is 12.6. The maximum absolute atomic E-state index is 12.6. The van der Waals surface area contributed by atoms with Crippen LogP contribution in [0.2, 0.25) is 18.1 Å². The summed E-state index contributed by atoms with van der Waals surface area (Å²) in [7, 11) is -1.97. The van der Waals surface area contributed by atoms with Crippen LogP contribution in [0.3, 0.4) is 0 Å². The Kier molecular flexibility index (Phi) is 4.93. The molecule has 126 valence electrons. The van der Waals surface area contributed by atoms with E-state index in [1.54, 1.807) is 0 Å². The van der Waals surface area contributed by atoms with Crippen LogP contribution in [0.25, 0.3) is 0 Å². The van der Waals surface area contributed by atoms with E-state index in [2.05, 4.69) is 53.8 Å². The van der Waals surface area contributed by atoms with Crippen molar-refractivity contribution in [2.45, 2.75) is 71.7 Å². The molecule has 3 nitrogen and oxygen atoms in total. The van der Waals surface area contributed by atoms with Gasteiger partial charge >= 0.3 is 0 Å². The first kappa shape index (κ1) is 17.7. The molecule has 3 atom stereocenters. The normalized spacial score (nSPS) is 30.1. The molecular formula is C18H32O3Si. The minimum atomic E-state index is -1.97. The van der Waals surface area contributed by atoms with Crippen molar-refractivity contribution in [3.8, 4) is 0 Å². The molecule has 0 radical (unpaired) electrons. The van der Waals surface area contributed by atoms with E-state index in [4.69, 9.17) is 9.16 Å². The highest BCUT2D eigenvalue weighted by Crippen LogP contribution is 2.42. The summed E-state index contributed by atoms with van der Waals surface area (Å²) in [5.74, 6) is 2.34. The summed E-state index contributed by atoms with van der Waals surface area (Å²) in [6, 6.07) is 0. The smallest absolute Gasteiger partial charge is 0.250 e. The van der Waals surface area contributed by atoms with Crippen molar-refractivity contribution in [2.24, 2.45) is 17.8 Å². The largest absolute Gasteiger partial charge is 0.544 e. The fourth-order valence-electron chi connectivity index (χ4n) is 3.15. The van der Waals surface area contributed by atoms with Gasteiger partial charge in [0.25, 0.3) is 0 Å². The third kappa shape index (κ3) is 3.48. The van der Waals surface area contributed by atoms with E-state index in [0.29, 0.717) is 30.8 Å². The van der Waals surface area contributed by atoms with Crippen molar-refractivity contribution >= 4 is 14.1 Å². The molecule has 1 aliphatic heterocycles. The molecule has 1 aliphatic carbocycles. The molecule has 2 aliphatic rings. The Bertz CT molecular complexity index is 459. The number of ether oxygens (including phenoxy) is 1.